The summed E-state index contributed by atoms with van der Waals surface area (Å²) < 4.78 is 0. The quantitative estimate of drug-likeness (QED) is 0.750. The molecule has 0 aliphatic carbocycles. The summed E-state index contributed by atoms with van der Waals surface area (Å²) in [7, 11) is 0. The van der Waals surface area contributed by atoms with Crippen LogP contribution in [0.1, 0.15) is 48.1 Å². The first kappa shape index (κ1) is 21.7. The first-order valence-electron chi connectivity index (χ1n) is 10.0. The molecule has 2 amide bonds. The Kier molecular flexibility index (Phi) is 7.80. The van der Waals surface area contributed by atoms with Gasteiger partial charge in [0, 0.05) is 13.1 Å². The maximum absolute atomic E-state index is 13.3. The molecular formula is C24H32N2O2. The Morgan fingerprint density at radius 2 is 1.64 bits per heavy atom. The number of likely N-dealkylation sites (N-methyl/N-ethyl adjacent to an activating group) is 1. The zero-order valence-electron chi connectivity index (χ0n) is 17.7. The Labute approximate surface area is 169 Å². The molecule has 2 aromatic rings. The number of carbonyl (C=O) groups excluding carboxylic acids is 2. The number of rotatable bonds is 8. The number of hydrogen-bond donors (Lipinski definition) is 1. The second kappa shape index (κ2) is 10.1. The molecule has 0 saturated carbocycles. The van der Waals surface area contributed by atoms with Crippen LogP contribution in [0.4, 0.5) is 0 Å². The molecule has 2 aromatic carbocycles. The minimum Gasteiger partial charge on any atom is -0.355 e. The fraction of sp³-hybridized carbons (Fsp3) is 0.417. The molecule has 4 nitrogen and oxygen atoms in total. The van der Waals surface area contributed by atoms with Gasteiger partial charge in [0.05, 0.1) is 6.42 Å². The predicted octanol–water partition coefficient (Wildman–Crippen LogP) is 4.10. The molecule has 0 aromatic heterocycles. The van der Waals surface area contributed by atoms with E-state index in [4.69, 9.17) is 0 Å². The Bertz CT molecular complexity index is 829. The van der Waals surface area contributed by atoms with Gasteiger partial charge in [-0.25, -0.2) is 0 Å². The van der Waals surface area contributed by atoms with Gasteiger partial charge in [-0.3, -0.25) is 9.59 Å². The molecule has 150 valence electrons. The van der Waals surface area contributed by atoms with Crippen molar-refractivity contribution in [2.75, 3.05) is 6.54 Å². The smallest absolute Gasteiger partial charge is 0.242 e. The molecule has 0 unspecified atom stereocenters. The van der Waals surface area contributed by atoms with Crippen molar-refractivity contribution in [1.82, 2.24) is 10.2 Å². The molecule has 28 heavy (non-hydrogen) atoms. The SMILES string of the molecule is CCNC(=O)[C@@H](CC)N(Cc1ccccc1C)C(=O)Cc1cc(C)ccc1C. The van der Waals surface area contributed by atoms with E-state index < -0.39 is 6.04 Å². The van der Waals surface area contributed by atoms with Crippen LogP contribution < -0.4 is 5.32 Å². The number of aryl methyl sites for hydroxylation is 3. The van der Waals surface area contributed by atoms with Crippen LogP contribution in [0.2, 0.25) is 0 Å². The molecule has 0 heterocycles. The molecule has 0 spiro atoms. The standard InChI is InChI=1S/C24H32N2O2/c1-6-22(24(28)25-7-2)26(16-20-11-9-8-10-18(20)4)23(27)15-21-14-17(3)12-13-19(21)5/h8-14,22H,6-7,15-16H2,1-5H3,(H,25,28)/t22-/m1/s1. The second-order valence-corrected chi connectivity index (χ2v) is 7.37. The minimum atomic E-state index is -0.475. The molecule has 0 aliphatic rings. The molecule has 0 fully saturated rings. The van der Waals surface area contributed by atoms with Crippen molar-refractivity contribution in [3.8, 4) is 0 Å². The van der Waals surface area contributed by atoms with Crippen LogP contribution in [0.15, 0.2) is 42.5 Å². The van der Waals surface area contributed by atoms with E-state index in [2.05, 4.69) is 17.4 Å². The Morgan fingerprint density at radius 1 is 0.964 bits per heavy atom. The summed E-state index contributed by atoms with van der Waals surface area (Å²) in [6.07, 6.45) is 0.881. The van der Waals surface area contributed by atoms with Gasteiger partial charge in [0.1, 0.15) is 6.04 Å². The van der Waals surface area contributed by atoms with Gasteiger partial charge in [0.25, 0.3) is 0 Å². The maximum atomic E-state index is 13.3. The highest BCUT2D eigenvalue weighted by Gasteiger charge is 2.28. The van der Waals surface area contributed by atoms with E-state index in [0.29, 0.717) is 25.9 Å². The molecule has 0 saturated heterocycles. The number of amides is 2. The van der Waals surface area contributed by atoms with Crippen molar-refractivity contribution in [3.05, 3.63) is 70.3 Å². The Morgan fingerprint density at radius 3 is 2.29 bits per heavy atom. The van der Waals surface area contributed by atoms with Crippen molar-refractivity contribution < 1.29 is 9.59 Å². The van der Waals surface area contributed by atoms with Crippen LogP contribution >= 0.6 is 0 Å². The molecule has 1 N–H and O–H groups in total. The summed E-state index contributed by atoms with van der Waals surface area (Å²) in [6.45, 7) is 10.9. The molecule has 0 aliphatic heterocycles. The van der Waals surface area contributed by atoms with E-state index in [-0.39, 0.29) is 11.8 Å². The summed E-state index contributed by atoms with van der Waals surface area (Å²) in [4.78, 5) is 27.8. The summed E-state index contributed by atoms with van der Waals surface area (Å²) in [6, 6.07) is 13.7. The van der Waals surface area contributed by atoms with Crippen molar-refractivity contribution >= 4 is 11.8 Å². The average Bonchev–Trinajstić information content (AvgIpc) is 2.66. The van der Waals surface area contributed by atoms with Crippen LogP contribution in [0, 0.1) is 20.8 Å². The summed E-state index contributed by atoms with van der Waals surface area (Å²) in [5.74, 6) is -0.108. The summed E-state index contributed by atoms with van der Waals surface area (Å²) in [5.41, 5.74) is 5.44. The van der Waals surface area contributed by atoms with Gasteiger partial charge in [-0.1, -0.05) is 55.0 Å². The largest absolute Gasteiger partial charge is 0.355 e. The zero-order chi connectivity index (χ0) is 20.7. The fourth-order valence-electron chi connectivity index (χ4n) is 3.44. The van der Waals surface area contributed by atoms with Crippen LogP contribution in [0.25, 0.3) is 0 Å². The highest BCUT2D eigenvalue weighted by molar-refractivity contribution is 5.88. The second-order valence-electron chi connectivity index (χ2n) is 7.37. The maximum Gasteiger partial charge on any atom is 0.242 e. The topological polar surface area (TPSA) is 49.4 Å². The third-order valence-electron chi connectivity index (χ3n) is 5.19. The number of nitrogens with one attached hydrogen (secondary N) is 1. The van der Waals surface area contributed by atoms with Crippen LogP contribution in [0.5, 0.6) is 0 Å². The van der Waals surface area contributed by atoms with Crippen molar-refractivity contribution in [2.45, 2.75) is 60.0 Å². The van der Waals surface area contributed by atoms with Gasteiger partial charge in [-0.2, -0.15) is 0 Å². The molecular weight excluding hydrogens is 348 g/mol. The lowest BCUT2D eigenvalue weighted by Gasteiger charge is -2.31. The summed E-state index contributed by atoms with van der Waals surface area (Å²) in [5, 5.41) is 2.88. The number of nitrogens with zero attached hydrogens (tertiary/aromatic N) is 1. The zero-order valence-corrected chi connectivity index (χ0v) is 17.7. The van der Waals surface area contributed by atoms with E-state index in [0.717, 1.165) is 27.8 Å². The van der Waals surface area contributed by atoms with Gasteiger partial charge >= 0.3 is 0 Å². The molecule has 2 rings (SSSR count). The minimum absolute atomic E-state index is 0.0185. The van der Waals surface area contributed by atoms with Gasteiger partial charge < -0.3 is 10.2 Å². The van der Waals surface area contributed by atoms with Crippen molar-refractivity contribution in [2.24, 2.45) is 0 Å². The van der Waals surface area contributed by atoms with E-state index in [1.54, 1.807) is 4.90 Å². The van der Waals surface area contributed by atoms with Gasteiger partial charge in [0.15, 0.2) is 0 Å². The number of hydrogen-bond acceptors (Lipinski definition) is 2. The molecule has 0 bridgehead atoms. The lowest BCUT2D eigenvalue weighted by Crippen LogP contribution is -2.49. The third-order valence-corrected chi connectivity index (χ3v) is 5.19. The summed E-state index contributed by atoms with van der Waals surface area (Å²) >= 11 is 0. The Hall–Kier alpha value is -2.62. The van der Waals surface area contributed by atoms with Crippen molar-refractivity contribution in [1.29, 1.82) is 0 Å². The van der Waals surface area contributed by atoms with Crippen molar-refractivity contribution in [3.63, 3.8) is 0 Å². The average molecular weight is 381 g/mol. The number of carbonyl (C=O) groups is 2. The third kappa shape index (κ3) is 5.44. The van der Waals surface area contributed by atoms with E-state index in [9.17, 15) is 9.59 Å². The normalized spacial score (nSPS) is 11.8. The first-order chi connectivity index (χ1) is 13.4. The molecule has 0 radical (unpaired) electrons. The van der Waals surface area contributed by atoms with E-state index in [1.165, 1.54) is 0 Å². The van der Waals surface area contributed by atoms with Crippen LogP contribution in [-0.2, 0) is 22.6 Å². The molecule has 4 heteroatoms. The number of benzene rings is 2. The first-order valence-corrected chi connectivity index (χ1v) is 10.0. The lowest BCUT2D eigenvalue weighted by atomic mass is 10.0. The highest BCUT2D eigenvalue weighted by atomic mass is 16.2. The predicted molar refractivity (Wildman–Crippen MR) is 114 cm³/mol. The lowest BCUT2D eigenvalue weighted by molar-refractivity contribution is -0.140. The molecule has 1 atom stereocenters. The fourth-order valence-corrected chi connectivity index (χ4v) is 3.44. The van der Waals surface area contributed by atoms with E-state index in [1.807, 2.05) is 65.0 Å². The monoisotopic (exact) mass is 380 g/mol. The van der Waals surface area contributed by atoms with Gasteiger partial charge in [-0.05, 0) is 56.4 Å². The van der Waals surface area contributed by atoms with Gasteiger partial charge in [0.2, 0.25) is 11.8 Å². The highest BCUT2D eigenvalue weighted by Crippen LogP contribution is 2.18. The van der Waals surface area contributed by atoms with Crippen LogP contribution in [0.3, 0.4) is 0 Å². The van der Waals surface area contributed by atoms with Gasteiger partial charge in [-0.15, -0.1) is 0 Å². The van der Waals surface area contributed by atoms with E-state index >= 15 is 0 Å². The van der Waals surface area contributed by atoms with Crippen LogP contribution in [-0.4, -0.2) is 29.3 Å². The Balaban J connectivity index is 2.35.